The molecule has 16 heavy (non-hydrogen) atoms. The summed E-state index contributed by atoms with van der Waals surface area (Å²) in [5, 5.41) is 3.49. The van der Waals surface area contributed by atoms with E-state index in [0.717, 1.165) is 12.0 Å². The van der Waals surface area contributed by atoms with E-state index in [1.165, 1.54) is 0 Å². The molecule has 0 saturated carbocycles. The van der Waals surface area contributed by atoms with Crippen molar-refractivity contribution in [2.75, 3.05) is 0 Å². The third-order valence-corrected chi connectivity index (χ3v) is 2.57. The summed E-state index contributed by atoms with van der Waals surface area (Å²) in [5.41, 5.74) is 6.70. The summed E-state index contributed by atoms with van der Waals surface area (Å²) < 4.78 is 0. The maximum atomic E-state index is 11.5. The smallest absolute Gasteiger partial charge is 0.237 e. The lowest BCUT2D eigenvalue weighted by atomic mass is 10.1. The molecule has 88 valence electrons. The summed E-state index contributed by atoms with van der Waals surface area (Å²) in [7, 11) is 0. The second kappa shape index (κ2) is 6.51. The zero-order valence-corrected chi connectivity index (χ0v) is 10.1. The second-order valence-corrected chi connectivity index (χ2v) is 4.18. The molecule has 0 aliphatic carbocycles. The van der Waals surface area contributed by atoms with Crippen LogP contribution in [-0.4, -0.2) is 11.9 Å². The number of carbonyl (C=O) groups is 1. The first-order valence-electron chi connectivity index (χ1n) is 5.41. The van der Waals surface area contributed by atoms with Gasteiger partial charge in [-0.2, -0.15) is 0 Å². The monoisotopic (exact) mass is 240 g/mol. The fourth-order valence-electron chi connectivity index (χ4n) is 1.36. The molecule has 0 aliphatic heterocycles. The number of nitrogens with two attached hydrogens (primary N) is 1. The van der Waals surface area contributed by atoms with Crippen molar-refractivity contribution in [1.82, 2.24) is 5.32 Å². The molecular weight excluding hydrogens is 224 g/mol. The molecule has 3 N–H and O–H groups in total. The van der Waals surface area contributed by atoms with E-state index in [1.54, 1.807) is 12.1 Å². The molecule has 0 aliphatic rings. The van der Waals surface area contributed by atoms with Gasteiger partial charge in [0.1, 0.15) is 0 Å². The van der Waals surface area contributed by atoms with Gasteiger partial charge in [-0.1, -0.05) is 37.1 Å². The topological polar surface area (TPSA) is 55.1 Å². The maximum Gasteiger partial charge on any atom is 0.237 e. The molecule has 0 heterocycles. The fourth-order valence-corrected chi connectivity index (χ4v) is 1.49. The van der Waals surface area contributed by atoms with E-state index in [-0.39, 0.29) is 5.91 Å². The van der Waals surface area contributed by atoms with Crippen molar-refractivity contribution in [2.24, 2.45) is 5.73 Å². The molecule has 0 bridgehead atoms. The van der Waals surface area contributed by atoms with E-state index in [1.807, 2.05) is 19.1 Å². The number of rotatable bonds is 5. The van der Waals surface area contributed by atoms with Gasteiger partial charge in [0.2, 0.25) is 5.91 Å². The van der Waals surface area contributed by atoms with Crippen LogP contribution in [-0.2, 0) is 11.3 Å². The summed E-state index contributed by atoms with van der Waals surface area (Å²) in [6.45, 7) is 2.50. The minimum absolute atomic E-state index is 0.100. The Hall–Kier alpha value is -1.06. The van der Waals surface area contributed by atoms with Crippen molar-refractivity contribution in [1.29, 1.82) is 0 Å². The molecule has 1 rings (SSSR count). The van der Waals surface area contributed by atoms with Crippen molar-refractivity contribution < 1.29 is 4.79 Å². The van der Waals surface area contributed by atoms with Crippen molar-refractivity contribution in [3.63, 3.8) is 0 Å². The van der Waals surface area contributed by atoms with Gasteiger partial charge in [-0.15, -0.1) is 0 Å². The standard InChI is InChI=1S/C12H17ClN2O/c1-2-3-11(14)12(16)15-8-9-4-6-10(13)7-5-9/h4-7,11H,2-3,8,14H2,1H3,(H,15,16). The molecule has 1 atom stereocenters. The lowest BCUT2D eigenvalue weighted by Crippen LogP contribution is -2.40. The van der Waals surface area contributed by atoms with Crippen LogP contribution in [0.2, 0.25) is 5.02 Å². The van der Waals surface area contributed by atoms with E-state index in [2.05, 4.69) is 5.32 Å². The lowest BCUT2D eigenvalue weighted by Gasteiger charge is -2.11. The van der Waals surface area contributed by atoms with Gasteiger partial charge >= 0.3 is 0 Å². The average Bonchev–Trinajstić information content (AvgIpc) is 2.28. The number of benzene rings is 1. The van der Waals surface area contributed by atoms with Gasteiger partial charge in [0, 0.05) is 11.6 Å². The first-order valence-corrected chi connectivity index (χ1v) is 5.79. The van der Waals surface area contributed by atoms with E-state index in [4.69, 9.17) is 17.3 Å². The molecule has 0 saturated heterocycles. The van der Waals surface area contributed by atoms with Gasteiger partial charge in [0.05, 0.1) is 6.04 Å². The summed E-state index contributed by atoms with van der Waals surface area (Å²) >= 11 is 5.76. The largest absolute Gasteiger partial charge is 0.351 e. The Kier molecular flexibility index (Phi) is 5.29. The first kappa shape index (κ1) is 13.0. The number of hydrogen-bond acceptors (Lipinski definition) is 2. The highest BCUT2D eigenvalue weighted by Crippen LogP contribution is 2.09. The van der Waals surface area contributed by atoms with Gasteiger partial charge in [-0.05, 0) is 24.1 Å². The Bertz CT molecular complexity index is 337. The number of amides is 1. The third-order valence-electron chi connectivity index (χ3n) is 2.32. The zero-order valence-electron chi connectivity index (χ0n) is 9.37. The molecule has 1 unspecified atom stereocenters. The molecule has 4 heteroatoms. The molecule has 0 aromatic heterocycles. The van der Waals surface area contributed by atoms with Crippen molar-refractivity contribution in [3.8, 4) is 0 Å². The average molecular weight is 241 g/mol. The third kappa shape index (κ3) is 4.21. The predicted molar refractivity (Wildman–Crippen MR) is 66.2 cm³/mol. The molecule has 0 spiro atoms. The van der Waals surface area contributed by atoms with Gasteiger partial charge in [0.15, 0.2) is 0 Å². The fraction of sp³-hybridized carbons (Fsp3) is 0.417. The van der Waals surface area contributed by atoms with Crippen LogP contribution < -0.4 is 11.1 Å². The predicted octanol–water partition coefficient (Wildman–Crippen LogP) is 2.08. The Balaban J connectivity index is 2.39. The Morgan fingerprint density at radius 2 is 2.06 bits per heavy atom. The maximum absolute atomic E-state index is 11.5. The second-order valence-electron chi connectivity index (χ2n) is 3.74. The number of halogens is 1. The molecule has 3 nitrogen and oxygen atoms in total. The quantitative estimate of drug-likeness (QED) is 0.828. The van der Waals surface area contributed by atoms with Crippen LogP contribution in [0, 0.1) is 0 Å². The van der Waals surface area contributed by atoms with Crippen LogP contribution in [0.4, 0.5) is 0 Å². The van der Waals surface area contributed by atoms with Crippen LogP contribution in [0.25, 0.3) is 0 Å². The van der Waals surface area contributed by atoms with Crippen LogP contribution in [0.1, 0.15) is 25.3 Å². The Labute approximate surface area is 101 Å². The van der Waals surface area contributed by atoms with Crippen LogP contribution in [0.5, 0.6) is 0 Å². The molecule has 0 radical (unpaired) electrons. The molecule has 0 fully saturated rings. The summed E-state index contributed by atoms with van der Waals surface area (Å²) in [6.07, 6.45) is 1.63. The highest BCUT2D eigenvalue weighted by atomic mass is 35.5. The molecule has 1 aromatic rings. The van der Waals surface area contributed by atoms with Crippen molar-refractivity contribution in [2.45, 2.75) is 32.4 Å². The zero-order chi connectivity index (χ0) is 12.0. The molecular formula is C12H17ClN2O. The van der Waals surface area contributed by atoms with Crippen molar-refractivity contribution in [3.05, 3.63) is 34.9 Å². The molecule has 1 aromatic carbocycles. The number of carbonyl (C=O) groups excluding carboxylic acids is 1. The highest BCUT2D eigenvalue weighted by molar-refractivity contribution is 6.30. The van der Waals surface area contributed by atoms with Crippen molar-refractivity contribution >= 4 is 17.5 Å². The normalized spacial score (nSPS) is 12.2. The minimum atomic E-state index is -0.405. The Morgan fingerprint density at radius 1 is 1.44 bits per heavy atom. The number of hydrogen-bond donors (Lipinski definition) is 2. The van der Waals surface area contributed by atoms with Gasteiger partial charge in [-0.25, -0.2) is 0 Å². The summed E-state index contributed by atoms with van der Waals surface area (Å²) in [4.78, 5) is 11.5. The van der Waals surface area contributed by atoms with Crippen LogP contribution in [0.15, 0.2) is 24.3 Å². The van der Waals surface area contributed by atoms with Crippen LogP contribution in [0.3, 0.4) is 0 Å². The van der Waals surface area contributed by atoms with Crippen LogP contribution >= 0.6 is 11.6 Å². The highest BCUT2D eigenvalue weighted by Gasteiger charge is 2.10. The van der Waals surface area contributed by atoms with E-state index < -0.39 is 6.04 Å². The van der Waals surface area contributed by atoms with E-state index in [0.29, 0.717) is 18.0 Å². The minimum Gasteiger partial charge on any atom is -0.351 e. The lowest BCUT2D eigenvalue weighted by molar-refractivity contribution is -0.122. The van der Waals surface area contributed by atoms with E-state index in [9.17, 15) is 4.79 Å². The molecule has 1 amide bonds. The Morgan fingerprint density at radius 3 is 2.62 bits per heavy atom. The summed E-state index contributed by atoms with van der Waals surface area (Å²) in [6, 6.07) is 6.96. The number of nitrogens with one attached hydrogen (secondary N) is 1. The summed E-state index contributed by atoms with van der Waals surface area (Å²) in [5.74, 6) is -0.100. The van der Waals surface area contributed by atoms with Gasteiger partial charge in [0.25, 0.3) is 0 Å². The SMILES string of the molecule is CCCC(N)C(=O)NCc1ccc(Cl)cc1. The first-order chi connectivity index (χ1) is 7.63. The van der Waals surface area contributed by atoms with E-state index >= 15 is 0 Å². The van der Waals surface area contributed by atoms with Gasteiger partial charge in [-0.3, -0.25) is 4.79 Å². The van der Waals surface area contributed by atoms with Gasteiger partial charge < -0.3 is 11.1 Å².